The number of esters is 1. The van der Waals surface area contributed by atoms with Crippen LogP contribution in [0.3, 0.4) is 0 Å². The lowest BCUT2D eigenvalue weighted by Crippen LogP contribution is -2.50. The van der Waals surface area contributed by atoms with Crippen molar-refractivity contribution in [3.05, 3.63) is 24.3 Å². The third-order valence-corrected chi connectivity index (χ3v) is 7.92. The number of ketones is 2. The Bertz CT molecular complexity index is 728. The minimum Gasteiger partial charge on any atom is -0.459 e. The van der Waals surface area contributed by atoms with E-state index in [2.05, 4.69) is 24.3 Å². The number of hydrogen-bond acceptors (Lipinski definition) is 4. The molecule has 5 saturated carbocycles. The Hall–Kier alpha value is -1.71. The summed E-state index contributed by atoms with van der Waals surface area (Å²) in [5, 5.41) is 0. The van der Waals surface area contributed by atoms with E-state index >= 15 is 0 Å². The summed E-state index contributed by atoms with van der Waals surface area (Å²) in [5.74, 6) is -0.633. The monoisotopic (exact) mass is 324 g/mol. The van der Waals surface area contributed by atoms with Crippen molar-refractivity contribution in [1.82, 2.24) is 0 Å². The zero-order valence-electron chi connectivity index (χ0n) is 14.0. The summed E-state index contributed by atoms with van der Waals surface area (Å²) >= 11 is 0. The van der Waals surface area contributed by atoms with Gasteiger partial charge in [0, 0.05) is 0 Å². The van der Waals surface area contributed by atoms with Crippen molar-refractivity contribution in [1.29, 1.82) is 0 Å². The molecule has 0 radical (unpaired) electrons. The molecule has 2 spiro atoms. The molecule has 124 valence electrons. The number of hydrogen-bond donors (Lipinski definition) is 0. The molecule has 0 heterocycles. The van der Waals surface area contributed by atoms with E-state index in [0.29, 0.717) is 11.8 Å². The van der Waals surface area contributed by atoms with Gasteiger partial charge in [0.15, 0.2) is 17.5 Å². The molecule has 2 unspecified atom stereocenters. The van der Waals surface area contributed by atoms with Gasteiger partial charge in [-0.3, -0.25) is 14.4 Å². The maximum atomic E-state index is 13.5. The topological polar surface area (TPSA) is 60.4 Å². The predicted molar refractivity (Wildman–Crippen MR) is 83.4 cm³/mol. The van der Waals surface area contributed by atoms with Gasteiger partial charge in [0.2, 0.25) is 0 Å². The summed E-state index contributed by atoms with van der Waals surface area (Å²) in [6.45, 7) is 5.31. The van der Waals surface area contributed by atoms with Crippen molar-refractivity contribution in [3.8, 4) is 0 Å². The van der Waals surface area contributed by atoms with Gasteiger partial charge in [-0.2, -0.15) is 0 Å². The number of carbonyl (C=O) groups is 3. The summed E-state index contributed by atoms with van der Waals surface area (Å²) in [6, 6.07) is 0. The molecule has 5 fully saturated rings. The highest BCUT2D eigenvalue weighted by molar-refractivity contribution is 6.28. The molecule has 7 aliphatic carbocycles. The highest BCUT2D eigenvalue weighted by Crippen LogP contribution is 2.92. The fraction of sp³-hybridized carbons (Fsp3) is 0.650. The van der Waals surface area contributed by atoms with Gasteiger partial charge < -0.3 is 4.74 Å². The molecule has 0 amide bonds. The number of carbonyl (C=O) groups excluding carboxylic acids is 3. The zero-order valence-corrected chi connectivity index (χ0v) is 14.0. The lowest BCUT2D eigenvalue weighted by molar-refractivity contribution is -0.163. The van der Waals surface area contributed by atoms with Crippen LogP contribution in [-0.4, -0.2) is 23.1 Å². The maximum Gasteiger partial charge on any atom is 0.324 e. The zero-order chi connectivity index (χ0) is 16.8. The quantitative estimate of drug-likeness (QED) is 0.420. The standard InChI is InChI=1S/C20H20O4/c1-18(2,3)24-17(23)14-15(21)19-8-4-5-9-12(8)13-10(19)6-7-11(13)20(9,19)16(14)22/h4-14H,1-3H3/t8-,9-,10+,11+,12?,13?,14?,19?,20?. The summed E-state index contributed by atoms with van der Waals surface area (Å²) in [6.07, 6.45) is 8.66. The fourth-order valence-electron chi connectivity index (χ4n) is 8.00. The summed E-state index contributed by atoms with van der Waals surface area (Å²) < 4.78 is 5.45. The molecule has 0 aromatic heterocycles. The van der Waals surface area contributed by atoms with Gasteiger partial charge in [0.05, 0.1) is 10.8 Å². The van der Waals surface area contributed by atoms with Crippen molar-refractivity contribution >= 4 is 17.5 Å². The molecule has 0 N–H and O–H groups in total. The molecule has 4 heteroatoms. The van der Waals surface area contributed by atoms with Crippen LogP contribution in [0.15, 0.2) is 24.3 Å². The van der Waals surface area contributed by atoms with Crippen molar-refractivity contribution in [3.63, 3.8) is 0 Å². The Morgan fingerprint density at radius 1 is 0.875 bits per heavy atom. The molecule has 7 aliphatic rings. The number of ether oxygens (including phenoxy) is 1. The van der Waals surface area contributed by atoms with Gasteiger partial charge in [-0.05, 0) is 56.3 Å². The number of rotatable bonds is 1. The Labute approximate surface area is 140 Å². The van der Waals surface area contributed by atoms with Crippen molar-refractivity contribution < 1.29 is 19.1 Å². The van der Waals surface area contributed by atoms with Crippen molar-refractivity contribution in [2.75, 3.05) is 0 Å². The van der Waals surface area contributed by atoms with Crippen LogP contribution >= 0.6 is 0 Å². The first-order valence-corrected chi connectivity index (χ1v) is 8.96. The van der Waals surface area contributed by atoms with Crippen LogP contribution in [0, 0.1) is 52.3 Å². The van der Waals surface area contributed by atoms with Gasteiger partial charge >= 0.3 is 5.97 Å². The van der Waals surface area contributed by atoms with E-state index in [0.717, 1.165) is 0 Å². The van der Waals surface area contributed by atoms with Gasteiger partial charge in [-0.1, -0.05) is 24.3 Å². The SMILES string of the molecule is CC(C)(C)OC(=O)C1C(=O)C23[C@@H]4C=C[C@@H]5C4C4[C@@H]2C=C[C@@H]4C53C1=O. The van der Waals surface area contributed by atoms with Crippen molar-refractivity contribution in [2.45, 2.75) is 26.4 Å². The minimum atomic E-state index is -1.21. The Balaban J connectivity index is 1.54. The lowest BCUT2D eigenvalue weighted by Gasteiger charge is -2.45. The minimum absolute atomic E-state index is 0.136. The van der Waals surface area contributed by atoms with E-state index < -0.39 is 28.3 Å². The number of Topliss-reactive ketones (excluding diaryl/α,β-unsaturated/α-hetero) is 2. The highest BCUT2D eigenvalue weighted by atomic mass is 16.6. The van der Waals surface area contributed by atoms with E-state index in [4.69, 9.17) is 4.74 Å². The first-order valence-electron chi connectivity index (χ1n) is 8.96. The first-order chi connectivity index (χ1) is 11.3. The largest absolute Gasteiger partial charge is 0.459 e. The molecular formula is C20H20O4. The molecule has 0 aromatic carbocycles. The van der Waals surface area contributed by atoms with E-state index in [-0.39, 0.29) is 35.2 Å². The predicted octanol–water partition coefficient (Wildman–Crippen LogP) is 1.95. The van der Waals surface area contributed by atoms with Crippen LogP contribution in [0.4, 0.5) is 0 Å². The Morgan fingerprint density at radius 3 is 1.58 bits per heavy atom. The molecular weight excluding hydrogens is 304 g/mol. The third kappa shape index (κ3) is 0.926. The summed E-state index contributed by atoms with van der Waals surface area (Å²) in [5.41, 5.74) is -1.97. The van der Waals surface area contributed by atoms with Crippen LogP contribution in [0.1, 0.15) is 20.8 Å². The normalized spacial score (nSPS) is 56.9. The average molecular weight is 324 g/mol. The number of allylic oxidation sites excluding steroid dienone is 4. The molecule has 0 aromatic rings. The van der Waals surface area contributed by atoms with Gasteiger partial charge in [0.1, 0.15) is 5.60 Å². The second kappa shape index (κ2) is 3.33. The molecule has 24 heavy (non-hydrogen) atoms. The van der Waals surface area contributed by atoms with Crippen molar-refractivity contribution in [2.24, 2.45) is 52.3 Å². The van der Waals surface area contributed by atoms with Crippen LogP contribution in [0.5, 0.6) is 0 Å². The highest BCUT2D eigenvalue weighted by Gasteiger charge is 2.96. The molecule has 8 bridgehead atoms. The van der Waals surface area contributed by atoms with E-state index in [1.807, 2.05) is 0 Å². The lowest BCUT2D eigenvalue weighted by atomic mass is 9.54. The van der Waals surface area contributed by atoms with Crippen LogP contribution in [0.2, 0.25) is 0 Å². The second-order valence-electron chi connectivity index (χ2n) is 9.46. The first kappa shape index (κ1) is 13.6. The van der Waals surface area contributed by atoms with E-state index in [1.54, 1.807) is 20.8 Å². The molecule has 6 atom stereocenters. The summed E-state index contributed by atoms with van der Waals surface area (Å²) in [4.78, 5) is 39.8. The Kier molecular flexibility index (Phi) is 1.88. The summed E-state index contributed by atoms with van der Waals surface area (Å²) in [7, 11) is 0. The van der Waals surface area contributed by atoms with Crippen LogP contribution in [0.25, 0.3) is 0 Å². The van der Waals surface area contributed by atoms with Gasteiger partial charge in [-0.25, -0.2) is 0 Å². The smallest absolute Gasteiger partial charge is 0.324 e. The molecule has 7 rings (SSSR count). The van der Waals surface area contributed by atoms with E-state index in [1.165, 1.54) is 0 Å². The second-order valence-corrected chi connectivity index (χ2v) is 9.46. The molecule has 0 saturated heterocycles. The molecule has 4 nitrogen and oxygen atoms in total. The van der Waals surface area contributed by atoms with Crippen LogP contribution < -0.4 is 0 Å². The Morgan fingerprint density at radius 2 is 1.25 bits per heavy atom. The van der Waals surface area contributed by atoms with Crippen LogP contribution in [-0.2, 0) is 19.1 Å². The average Bonchev–Trinajstić information content (AvgIpc) is 3.24. The third-order valence-electron chi connectivity index (χ3n) is 7.92. The maximum absolute atomic E-state index is 13.5. The molecule has 0 aliphatic heterocycles. The van der Waals surface area contributed by atoms with E-state index in [9.17, 15) is 14.4 Å². The van der Waals surface area contributed by atoms with Gasteiger partial charge in [-0.15, -0.1) is 0 Å². The van der Waals surface area contributed by atoms with Gasteiger partial charge in [0.25, 0.3) is 0 Å². The fourth-order valence-corrected chi connectivity index (χ4v) is 8.00.